The minimum absolute atomic E-state index is 0.120. The van der Waals surface area contributed by atoms with E-state index in [1.54, 1.807) is 6.07 Å². The van der Waals surface area contributed by atoms with Crippen molar-refractivity contribution in [2.45, 2.75) is 6.04 Å². The molecule has 2 fully saturated rings. The molecule has 2 heterocycles. The van der Waals surface area contributed by atoms with E-state index in [0.29, 0.717) is 12.0 Å². The highest BCUT2D eigenvalue weighted by Crippen LogP contribution is 2.21. The van der Waals surface area contributed by atoms with Crippen LogP contribution in [0.15, 0.2) is 24.3 Å². The Bertz CT molecular complexity index is 463. The van der Waals surface area contributed by atoms with Crippen LogP contribution in [0.25, 0.3) is 0 Å². The number of ether oxygens (including phenoxy) is 1. The summed E-state index contributed by atoms with van der Waals surface area (Å²) in [6.07, 6.45) is 0. The summed E-state index contributed by atoms with van der Waals surface area (Å²) >= 11 is 0. The zero-order valence-electron chi connectivity index (χ0n) is 12.6. The van der Waals surface area contributed by atoms with Crippen molar-refractivity contribution < 1.29 is 9.13 Å². The molecule has 0 bridgehead atoms. The number of nitrogens with one attached hydrogen (secondary N) is 1. The summed E-state index contributed by atoms with van der Waals surface area (Å²) in [5.74, 6) is 0.445. The Kier molecular flexibility index (Phi) is 4.73. The average molecular weight is 293 g/mol. The SMILES string of the molecule is CNC1COCC1CN1CCN(c2ccccc2F)CC1. The van der Waals surface area contributed by atoms with Crippen molar-refractivity contribution in [2.24, 2.45) is 5.92 Å². The molecular weight excluding hydrogens is 269 g/mol. The van der Waals surface area contributed by atoms with Crippen LogP contribution in [0.4, 0.5) is 10.1 Å². The van der Waals surface area contributed by atoms with E-state index in [9.17, 15) is 4.39 Å². The molecule has 1 aromatic rings. The normalized spacial score (nSPS) is 27.2. The monoisotopic (exact) mass is 293 g/mol. The summed E-state index contributed by atoms with van der Waals surface area (Å²) in [5.41, 5.74) is 0.731. The van der Waals surface area contributed by atoms with Gasteiger partial charge in [0.2, 0.25) is 0 Å². The van der Waals surface area contributed by atoms with Gasteiger partial charge in [0, 0.05) is 44.7 Å². The maximum absolute atomic E-state index is 13.8. The highest BCUT2D eigenvalue weighted by molar-refractivity contribution is 5.47. The second kappa shape index (κ2) is 6.73. The van der Waals surface area contributed by atoms with Gasteiger partial charge in [-0.25, -0.2) is 4.39 Å². The fourth-order valence-corrected chi connectivity index (χ4v) is 3.31. The number of rotatable bonds is 4. The second-order valence-electron chi connectivity index (χ2n) is 5.93. The molecule has 1 aromatic carbocycles. The van der Waals surface area contributed by atoms with Crippen molar-refractivity contribution in [1.29, 1.82) is 0 Å². The Balaban J connectivity index is 1.52. The molecule has 0 aromatic heterocycles. The lowest BCUT2D eigenvalue weighted by molar-refractivity contribution is 0.164. The number of nitrogens with zero attached hydrogens (tertiary/aromatic N) is 2. The standard InChI is InChI=1S/C16H24FN3O/c1-18-15-12-21-11-13(15)10-19-6-8-20(9-7-19)16-5-3-2-4-14(16)17/h2-5,13,15,18H,6-12H2,1H3. The Hall–Kier alpha value is -1.17. The topological polar surface area (TPSA) is 27.7 Å². The number of likely N-dealkylation sites (N-methyl/N-ethyl adjacent to an activating group) is 1. The third kappa shape index (κ3) is 3.36. The van der Waals surface area contributed by atoms with Crippen LogP contribution in [0.1, 0.15) is 0 Å². The fraction of sp³-hybridized carbons (Fsp3) is 0.625. The summed E-state index contributed by atoms with van der Waals surface area (Å²) in [6.45, 7) is 6.48. The first-order valence-corrected chi connectivity index (χ1v) is 7.75. The van der Waals surface area contributed by atoms with Crippen LogP contribution in [0.2, 0.25) is 0 Å². The lowest BCUT2D eigenvalue weighted by atomic mass is 10.0. The van der Waals surface area contributed by atoms with Crippen LogP contribution in [0, 0.1) is 11.7 Å². The third-order valence-corrected chi connectivity index (χ3v) is 4.63. The quantitative estimate of drug-likeness (QED) is 0.902. The molecule has 21 heavy (non-hydrogen) atoms. The van der Waals surface area contributed by atoms with Crippen LogP contribution in [-0.4, -0.2) is 63.9 Å². The summed E-state index contributed by atoms with van der Waals surface area (Å²) < 4.78 is 19.4. The largest absolute Gasteiger partial charge is 0.379 e. The van der Waals surface area contributed by atoms with Gasteiger partial charge in [-0.2, -0.15) is 0 Å². The van der Waals surface area contributed by atoms with Gasteiger partial charge in [0.15, 0.2) is 0 Å². The summed E-state index contributed by atoms with van der Waals surface area (Å²) in [7, 11) is 2.00. The minimum Gasteiger partial charge on any atom is -0.379 e. The van der Waals surface area contributed by atoms with Crippen molar-refractivity contribution in [2.75, 3.05) is 57.9 Å². The lowest BCUT2D eigenvalue weighted by Gasteiger charge is -2.37. The van der Waals surface area contributed by atoms with Crippen LogP contribution in [0.5, 0.6) is 0 Å². The van der Waals surface area contributed by atoms with Crippen molar-refractivity contribution in [3.63, 3.8) is 0 Å². The van der Waals surface area contributed by atoms with Gasteiger partial charge in [-0.15, -0.1) is 0 Å². The maximum atomic E-state index is 13.8. The molecule has 2 aliphatic rings. The van der Waals surface area contributed by atoms with Crippen LogP contribution < -0.4 is 10.2 Å². The Morgan fingerprint density at radius 3 is 2.67 bits per heavy atom. The number of hydrogen-bond acceptors (Lipinski definition) is 4. The first-order chi connectivity index (χ1) is 10.3. The fourth-order valence-electron chi connectivity index (χ4n) is 3.31. The summed E-state index contributed by atoms with van der Waals surface area (Å²) in [4.78, 5) is 4.62. The van der Waals surface area contributed by atoms with Gasteiger partial charge in [0.1, 0.15) is 5.82 Å². The van der Waals surface area contributed by atoms with Crippen molar-refractivity contribution in [3.8, 4) is 0 Å². The molecule has 2 atom stereocenters. The molecule has 116 valence electrons. The van der Waals surface area contributed by atoms with E-state index in [-0.39, 0.29) is 5.82 Å². The molecular formula is C16H24FN3O. The van der Waals surface area contributed by atoms with Crippen molar-refractivity contribution in [1.82, 2.24) is 10.2 Å². The summed E-state index contributed by atoms with van der Waals surface area (Å²) in [6, 6.07) is 7.52. The molecule has 5 heteroatoms. The van der Waals surface area contributed by atoms with Crippen LogP contribution >= 0.6 is 0 Å². The first kappa shape index (κ1) is 14.8. The van der Waals surface area contributed by atoms with Gasteiger partial charge in [-0.1, -0.05) is 12.1 Å². The number of halogens is 1. The molecule has 0 aliphatic carbocycles. The number of piperazine rings is 1. The molecule has 1 N–H and O–H groups in total. The molecule has 0 radical (unpaired) electrons. The van der Waals surface area contributed by atoms with Gasteiger partial charge in [0.05, 0.1) is 18.9 Å². The molecule has 2 aliphatic heterocycles. The van der Waals surface area contributed by atoms with Gasteiger partial charge < -0.3 is 15.0 Å². The van der Waals surface area contributed by atoms with E-state index >= 15 is 0 Å². The smallest absolute Gasteiger partial charge is 0.146 e. The molecule has 2 unspecified atom stereocenters. The van der Waals surface area contributed by atoms with E-state index in [0.717, 1.165) is 51.6 Å². The van der Waals surface area contributed by atoms with Crippen molar-refractivity contribution in [3.05, 3.63) is 30.1 Å². The van der Waals surface area contributed by atoms with E-state index in [4.69, 9.17) is 4.74 Å². The predicted molar refractivity (Wildman–Crippen MR) is 82.2 cm³/mol. The average Bonchev–Trinajstić information content (AvgIpc) is 2.96. The number of hydrogen-bond donors (Lipinski definition) is 1. The van der Waals surface area contributed by atoms with E-state index in [2.05, 4.69) is 15.1 Å². The van der Waals surface area contributed by atoms with Crippen LogP contribution in [0.3, 0.4) is 0 Å². The zero-order chi connectivity index (χ0) is 14.7. The Labute approximate surface area is 125 Å². The molecule has 0 spiro atoms. The van der Waals surface area contributed by atoms with Crippen LogP contribution in [-0.2, 0) is 4.74 Å². The number of para-hydroxylation sites is 1. The predicted octanol–water partition coefficient (Wildman–Crippen LogP) is 1.18. The molecule has 0 saturated carbocycles. The molecule has 4 nitrogen and oxygen atoms in total. The van der Waals surface area contributed by atoms with Crippen molar-refractivity contribution >= 4 is 5.69 Å². The van der Waals surface area contributed by atoms with E-state index < -0.39 is 0 Å². The Morgan fingerprint density at radius 1 is 1.19 bits per heavy atom. The van der Waals surface area contributed by atoms with E-state index in [1.807, 2.05) is 19.2 Å². The Morgan fingerprint density at radius 2 is 1.95 bits per heavy atom. The maximum Gasteiger partial charge on any atom is 0.146 e. The van der Waals surface area contributed by atoms with Gasteiger partial charge in [-0.3, -0.25) is 4.90 Å². The second-order valence-corrected chi connectivity index (χ2v) is 5.93. The van der Waals surface area contributed by atoms with Gasteiger partial charge in [0.25, 0.3) is 0 Å². The minimum atomic E-state index is -0.120. The zero-order valence-corrected chi connectivity index (χ0v) is 12.6. The lowest BCUT2D eigenvalue weighted by Crippen LogP contribution is -2.50. The molecule has 2 saturated heterocycles. The van der Waals surface area contributed by atoms with Gasteiger partial charge in [-0.05, 0) is 19.2 Å². The third-order valence-electron chi connectivity index (χ3n) is 4.63. The summed E-state index contributed by atoms with van der Waals surface area (Å²) in [5, 5.41) is 3.33. The van der Waals surface area contributed by atoms with Gasteiger partial charge >= 0.3 is 0 Å². The van der Waals surface area contributed by atoms with E-state index in [1.165, 1.54) is 6.07 Å². The number of benzene rings is 1. The molecule has 0 amide bonds. The first-order valence-electron chi connectivity index (χ1n) is 7.75. The molecule has 3 rings (SSSR count). The highest BCUT2D eigenvalue weighted by atomic mass is 19.1. The number of anilines is 1. The highest BCUT2D eigenvalue weighted by Gasteiger charge is 2.29.